The van der Waals surface area contributed by atoms with Crippen molar-refractivity contribution in [1.29, 1.82) is 0 Å². The van der Waals surface area contributed by atoms with Gasteiger partial charge in [0.05, 0.1) is 11.4 Å². The predicted octanol–water partition coefficient (Wildman–Crippen LogP) is 7.38. The van der Waals surface area contributed by atoms with E-state index in [1.165, 1.54) is 23.6 Å². The summed E-state index contributed by atoms with van der Waals surface area (Å²) in [6.07, 6.45) is 10.1. The molecule has 0 bridgehead atoms. The molecule has 0 unspecified atom stereocenters. The number of amides is 1. The van der Waals surface area contributed by atoms with E-state index in [0.29, 0.717) is 17.0 Å². The van der Waals surface area contributed by atoms with Gasteiger partial charge in [0.2, 0.25) is 15.9 Å². The Morgan fingerprint density at radius 1 is 0.864 bits per heavy atom. The molecule has 44 heavy (non-hydrogen) atoms. The van der Waals surface area contributed by atoms with Gasteiger partial charge in [0, 0.05) is 29.2 Å². The summed E-state index contributed by atoms with van der Waals surface area (Å²) >= 11 is 6.37. The number of rotatable bonds is 11. The third-order valence-electron chi connectivity index (χ3n) is 9.61. The van der Waals surface area contributed by atoms with Crippen LogP contribution < -0.4 is 11.1 Å². The Kier molecular flexibility index (Phi) is 11.2. The van der Waals surface area contributed by atoms with Gasteiger partial charge in [0.1, 0.15) is 0 Å². The van der Waals surface area contributed by atoms with Gasteiger partial charge in [-0.15, -0.1) is 0 Å². The van der Waals surface area contributed by atoms with Crippen LogP contribution in [0.1, 0.15) is 76.2 Å². The van der Waals surface area contributed by atoms with Crippen molar-refractivity contribution >= 4 is 27.5 Å². The van der Waals surface area contributed by atoms with Crippen molar-refractivity contribution in [2.45, 2.75) is 87.6 Å². The third kappa shape index (κ3) is 8.51. The second-order valence-electron chi connectivity index (χ2n) is 12.9. The Morgan fingerprint density at radius 3 is 2.09 bits per heavy atom. The van der Waals surface area contributed by atoms with Crippen molar-refractivity contribution < 1.29 is 13.2 Å². The topological polar surface area (TPSA) is 92.5 Å². The fraction of sp³-hybridized carbons (Fsp3) is 0.472. The quantitative estimate of drug-likeness (QED) is 0.230. The largest absolute Gasteiger partial charge is 0.352 e. The van der Waals surface area contributed by atoms with Crippen molar-refractivity contribution in [3.05, 3.63) is 89.4 Å². The second-order valence-corrected chi connectivity index (χ2v) is 15.3. The molecule has 2 aliphatic carbocycles. The fourth-order valence-corrected chi connectivity index (χ4v) is 8.69. The lowest BCUT2D eigenvalue weighted by Crippen LogP contribution is -2.46. The van der Waals surface area contributed by atoms with Gasteiger partial charge in [-0.25, -0.2) is 8.42 Å². The highest BCUT2D eigenvalue weighted by atomic mass is 35.5. The fourth-order valence-electron chi connectivity index (χ4n) is 6.96. The number of nitrogens with zero attached hydrogens (tertiary/aromatic N) is 1. The number of nitrogens with one attached hydrogen (secondary N) is 1. The standard InChI is InChI=1S/C36H46ClN3O3S/c1-26(29-7-3-2-4-8-29)24-40(44(42,43)33-21-15-30(16-22-33)34-9-5-6-10-35(34)37)25-36(41)39-32-19-13-28(14-20-32)23-27-11-17-31(38)18-12-27/h2-10,15-16,21-22,26-28,31-32H,11-14,17-20,23-25,38H2,1H3,(H,39,41)/t26-,27?,28?,31?,32?/m0/s1. The molecule has 5 rings (SSSR count). The van der Waals surface area contributed by atoms with E-state index in [4.69, 9.17) is 17.3 Å². The minimum Gasteiger partial charge on any atom is -0.352 e. The number of carbonyl (C=O) groups excluding carboxylic acids is 1. The van der Waals surface area contributed by atoms with Crippen LogP contribution in [0, 0.1) is 11.8 Å². The normalized spacial score (nSPS) is 23.3. The molecule has 3 N–H and O–H groups in total. The van der Waals surface area contributed by atoms with Crippen molar-refractivity contribution in [2.24, 2.45) is 17.6 Å². The van der Waals surface area contributed by atoms with E-state index < -0.39 is 10.0 Å². The first-order valence-corrected chi connectivity index (χ1v) is 18.0. The van der Waals surface area contributed by atoms with E-state index >= 15 is 0 Å². The van der Waals surface area contributed by atoms with Gasteiger partial charge in [-0.2, -0.15) is 4.31 Å². The molecule has 0 radical (unpaired) electrons. The first kappa shape index (κ1) is 32.7. The molecule has 6 nitrogen and oxygen atoms in total. The van der Waals surface area contributed by atoms with Crippen LogP contribution in [0.4, 0.5) is 0 Å². The molecular formula is C36H46ClN3O3S. The van der Waals surface area contributed by atoms with Crippen molar-refractivity contribution in [3.8, 4) is 11.1 Å². The van der Waals surface area contributed by atoms with Crippen molar-refractivity contribution in [1.82, 2.24) is 9.62 Å². The van der Waals surface area contributed by atoms with Crippen LogP contribution >= 0.6 is 11.6 Å². The summed E-state index contributed by atoms with van der Waals surface area (Å²) in [5.74, 6) is 1.16. The number of hydrogen-bond acceptors (Lipinski definition) is 4. The molecule has 0 heterocycles. The molecule has 236 valence electrons. The van der Waals surface area contributed by atoms with Crippen LogP contribution in [0.5, 0.6) is 0 Å². The highest BCUT2D eigenvalue weighted by molar-refractivity contribution is 7.89. The zero-order valence-corrected chi connectivity index (χ0v) is 27.3. The first-order valence-electron chi connectivity index (χ1n) is 16.1. The maximum atomic E-state index is 14.0. The minimum atomic E-state index is -3.95. The molecular weight excluding hydrogens is 590 g/mol. The van der Waals surface area contributed by atoms with E-state index in [9.17, 15) is 13.2 Å². The van der Waals surface area contributed by atoms with E-state index in [2.05, 4.69) is 5.32 Å². The number of halogens is 1. The van der Waals surface area contributed by atoms with E-state index in [-0.39, 0.29) is 35.9 Å². The van der Waals surface area contributed by atoms with Gasteiger partial charge in [-0.3, -0.25) is 4.79 Å². The van der Waals surface area contributed by atoms with Gasteiger partial charge in [0.25, 0.3) is 0 Å². The SMILES string of the molecule is C[C@@H](CN(CC(=O)NC1CCC(CC2CCC(N)CC2)CC1)S(=O)(=O)c1ccc(-c2ccccc2Cl)cc1)c1ccccc1. The molecule has 1 atom stereocenters. The van der Waals surface area contributed by atoms with Crippen molar-refractivity contribution in [2.75, 3.05) is 13.1 Å². The van der Waals surface area contributed by atoms with Gasteiger partial charge < -0.3 is 11.1 Å². The molecule has 2 aliphatic rings. The molecule has 0 aromatic heterocycles. The summed E-state index contributed by atoms with van der Waals surface area (Å²) in [5.41, 5.74) is 8.79. The summed E-state index contributed by atoms with van der Waals surface area (Å²) in [4.78, 5) is 13.5. The molecule has 2 saturated carbocycles. The third-order valence-corrected chi connectivity index (χ3v) is 11.8. The van der Waals surface area contributed by atoms with E-state index in [0.717, 1.165) is 61.1 Å². The first-order chi connectivity index (χ1) is 21.2. The van der Waals surface area contributed by atoms with Crippen LogP contribution in [0.15, 0.2) is 83.8 Å². The number of hydrogen-bond donors (Lipinski definition) is 2. The maximum absolute atomic E-state index is 14.0. The predicted molar refractivity (Wildman–Crippen MR) is 179 cm³/mol. The minimum absolute atomic E-state index is 0.0875. The van der Waals surface area contributed by atoms with Crippen LogP contribution in [0.25, 0.3) is 11.1 Å². The smallest absolute Gasteiger partial charge is 0.243 e. The summed E-state index contributed by atoms with van der Waals surface area (Å²) in [6, 6.07) is 24.5. The Bertz CT molecular complexity index is 1470. The molecule has 0 aliphatic heterocycles. The van der Waals surface area contributed by atoms with Gasteiger partial charge in [-0.05, 0) is 105 Å². The van der Waals surface area contributed by atoms with Crippen LogP contribution in [-0.4, -0.2) is 43.8 Å². The molecule has 0 saturated heterocycles. The number of sulfonamides is 1. The van der Waals surface area contributed by atoms with Crippen molar-refractivity contribution in [3.63, 3.8) is 0 Å². The number of benzene rings is 3. The average molecular weight is 636 g/mol. The zero-order valence-electron chi connectivity index (χ0n) is 25.7. The Balaban J connectivity index is 1.24. The summed E-state index contributed by atoms with van der Waals surface area (Å²) in [5, 5.41) is 3.78. The highest BCUT2D eigenvalue weighted by Crippen LogP contribution is 2.35. The van der Waals surface area contributed by atoms with Crippen LogP contribution in [0.3, 0.4) is 0 Å². The van der Waals surface area contributed by atoms with Crippen LogP contribution in [0.2, 0.25) is 5.02 Å². The lowest BCUT2D eigenvalue weighted by Gasteiger charge is -2.34. The Hall–Kier alpha value is -2.71. The molecule has 3 aromatic rings. The lowest BCUT2D eigenvalue weighted by atomic mass is 9.76. The zero-order chi connectivity index (χ0) is 31.1. The summed E-state index contributed by atoms with van der Waals surface area (Å²) in [7, 11) is -3.95. The maximum Gasteiger partial charge on any atom is 0.243 e. The second kappa shape index (κ2) is 15.0. The molecule has 1 amide bonds. The van der Waals surface area contributed by atoms with Gasteiger partial charge >= 0.3 is 0 Å². The van der Waals surface area contributed by atoms with E-state index in [1.807, 2.05) is 61.5 Å². The molecule has 8 heteroatoms. The van der Waals surface area contributed by atoms with Gasteiger partial charge in [-0.1, -0.05) is 79.2 Å². The molecule has 0 spiro atoms. The Morgan fingerprint density at radius 2 is 1.45 bits per heavy atom. The molecule has 2 fully saturated rings. The summed E-state index contributed by atoms with van der Waals surface area (Å²) < 4.78 is 29.3. The van der Waals surface area contributed by atoms with E-state index in [1.54, 1.807) is 24.3 Å². The van der Waals surface area contributed by atoms with Gasteiger partial charge in [0.15, 0.2) is 0 Å². The number of carbonyl (C=O) groups is 1. The highest BCUT2D eigenvalue weighted by Gasteiger charge is 2.31. The van der Waals surface area contributed by atoms with Crippen LogP contribution in [-0.2, 0) is 14.8 Å². The monoisotopic (exact) mass is 635 g/mol. The molecule has 3 aromatic carbocycles. The Labute approximate surface area is 268 Å². The lowest BCUT2D eigenvalue weighted by molar-refractivity contribution is -0.122. The summed E-state index contributed by atoms with van der Waals surface area (Å²) in [6.45, 7) is 1.98. The number of nitrogens with two attached hydrogens (primary N) is 1. The average Bonchev–Trinajstić information content (AvgIpc) is 3.03.